The van der Waals surface area contributed by atoms with Crippen molar-refractivity contribution >= 4 is 41.4 Å². The summed E-state index contributed by atoms with van der Waals surface area (Å²) < 4.78 is 1.31. The highest BCUT2D eigenvalue weighted by Gasteiger charge is 2.15. The van der Waals surface area contributed by atoms with Gasteiger partial charge in [0.05, 0.1) is 6.20 Å². The highest BCUT2D eigenvalue weighted by Crippen LogP contribution is 2.16. The first kappa shape index (κ1) is 14.6. The van der Waals surface area contributed by atoms with Gasteiger partial charge in [-0.15, -0.1) is 0 Å². The van der Waals surface area contributed by atoms with Crippen molar-refractivity contribution in [3.05, 3.63) is 64.1 Å². The topological polar surface area (TPSA) is 87.0 Å². The summed E-state index contributed by atoms with van der Waals surface area (Å²) in [6.45, 7) is 3.55. The zero-order valence-electron chi connectivity index (χ0n) is 11.0. The van der Waals surface area contributed by atoms with Crippen molar-refractivity contribution in [2.45, 2.75) is 0 Å². The maximum Gasteiger partial charge on any atom is 0.347 e. The third-order valence-corrected chi connectivity index (χ3v) is 3.03. The molecule has 0 fully saturated rings. The molecular formula is C14H12N4O2S. The van der Waals surface area contributed by atoms with Crippen LogP contribution >= 0.6 is 12.2 Å². The average molecular weight is 300 g/mol. The van der Waals surface area contributed by atoms with Crippen LogP contribution in [0.5, 0.6) is 0 Å². The fourth-order valence-electron chi connectivity index (χ4n) is 1.74. The highest BCUT2D eigenvalue weighted by molar-refractivity contribution is 7.80. The second-order valence-electron chi connectivity index (χ2n) is 4.10. The molecule has 1 aromatic carbocycles. The van der Waals surface area contributed by atoms with Gasteiger partial charge >= 0.3 is 5.82 Å². The molecule has 0 saturated carbocycles. The van der Waals surface area contributed by atoms with Crippen molar-refractivity contribution in [3.8, 4) is 0 Å². The van der Waals surface area contributed by atoms with E-state index < -0.39 is 4.92 Å². The molecule has 7 heteroatoms. The van der Waals surface area contributed by atoms with Gasteiger partial charge in [0.15, 0.2) is 0 Å². The highest BCUT2D eigenvalue weighted by atomic mass is 32.1. The van der Waals surface area contributed by atoms with E-state index in [0.29, 0.717) is 10.8 Å². The number of nitrogens with two attached hydrogens (primary N) is 1. The maximum absolute atomic E-state index is 10.8. The molecule has 0 saturated heterocycles. The van der Waals surface area contributed by atoms with Gasteiger partial charge in [0, 0.05) is 11.6 Å². The third-order valence-electron chi connectivity index (χ3n) is 2.80. The number of rotatable bonds is 5. The van der Waals surface area contributed by atoms with E-state index >= 15 is 0 Å². The molecule has 1 aromatic heterocycles. The minimum absolute atomic E-state index is 0.131. The van der Waals surface area contributed by atoms with Gasteiger partial charge < -0.3 is 15.8 Å². The minimum atomic E-state index is -0.511. The Morgan fingerprint density at radius 1 is 1.38 bits per heavy atom. The quantitative estimate of drug-likeness (QED) is 0.521. The molecule has 0 atom stereocenters. The number of nitro groups is 1. The number of nitrogens with zero attached hydrogens (tertiary/aromatic N) is 3. The number of thiocarbonyl (C=S) groups is 1. The van der Waals surface area contributed by atoms with E-state index in [1.165, 1.54) is 17.0 Å². The lowest BCUT2D eigenvalue weighted by atomic mass is 10.1. The lowest BCUT2D eigenvalue weighted by Gasteiger charge is -1.98. The summed E-state index contributed by atoms with van der Waals surface area (Å²) in [6.07, 6.45) is 6.00. The van der Waals surface area contributed by atoms with Crippen LogP contribution in [0.3, 0.4) is 0 Å². The molecule has 2 rings (SSSR count). The van der Waals surface area contributed by atoms with Gasteiger partial charge in [-0.1, -0.05) is 43.1 Å². The lowest BCUT2D eigenvalue weighted by Crippen LogP contribution is -2.08. The predicted octanol–water partition coefficient (Wildman–Crippen LogP) is 2.70. The molecule has 0 radical (unpaired) electrons. The molecule has 21 heavy (non-hydrogen) atoms. The van der Waals surface area contributed by atoms with E-state index in [9.17, 15) is 10.1 Å². The summed E-state index contributed by atoms with van der Waals surface area (Å²) in [5.41, 5.74) is 7.21. The van der Waals surface area contributed by atoms with E-state index in [-0.39, 0.29) is 5.82 Å². The van der Waals surface area contributed by atoms with Crippen molar-refractivity contribution in [2.24, 2.45) is 5.73 Å². The lowest BCUT2D eigenvalue weighted by molar-refractivity contribution is -0.390. The van der Waals surface area contributed by atoms with Gasteiger partial charge in [-0.25, -0.2) is 4.98 Å². The van der Waals surface area contributed by atoms with Crippen LogP contribution < -0.4 is 5.73 Å². The predicted molar refractivity (Wildman–Crippen MR) is 86.5 cm³/mol. The molecule has 0 spiro atoms. The number of hydrogen-bond acceptors (Lipinski definition) is 4. The zero-order valence-corrected chi connectivity index (χ0v) is 11.8. The van der Waals surface area contributed by atoms with Gasteiger partial charge in [0.1, 0.15) is 11.2 Å². The molecule has 0 unspecified atom stereocenters. The first-order valence-electron chi connectivity index (χ1n) is 5.95. The van der Waals surface area contributed by atoms with Crippen LogP contribution in [0.15, 0.2) is 37.0 Å². The molecule has 0 amide bonds. The molecule has 2 N–H and O–H groups in total. The monoisotopic (exact) mass is 300 g/mol. The molecule has 0 aliphatic carbocycles. The van der Waals surface area contributed by atoms with Crippen molar-refractivity contribution in [3.63, 3.8) is 0 Å². The Balaban J connectivity index is 2.27. The van der Waals surface area contributed by atoms with E-state index in [4.69, 9.17) is 18.0 Å². The minimum Gasteiger partial charge on any atom is -0.389 e. The van der Waals surface area contributed by atoms with Crippen molar-refractivity contribution in [2.75, 3.05) is 0 Å². The normalized spacial score (nSPS) is 10.7. The average Bonchev–Trinajstić information content (AvgIpc) is 2.88. The summed E-state index contributed by atoms with van der Waals surface area (Å²) in [4.78, 5) is 14.6. The number of benzene rings is 1. The summed E-state index contributed by atoms with van der Waals surface area (Å²) in [7, 11) is 0. The Kier molecular flexibility index (Phi) is 4.24. The fraction of sp³-hybridized carbons (Fsp3) is 0. The number of aromatic nitrogens is 2. The summed E-state index contributed by atoms with van der Waals surface area (Å²) in [5, 5.41) is 10.8. The largest absolute Gasteiger partial charge is 0.389 e. The molecule has 106 valence electrons. The first-order valence-corrected chi connectivity index (χ1v) is 6.36. The van der Waals surface area contributed by atoms with Gasteiger partial charge in [-0.3, -0.25) is 0 Å². The van der Waals surface area contributed by atoms with E-state index in [1.807, 2.05) is 24.3 Å². The van der Waals surface area contributed by atoms with Crippen LogP contribution in [0.1, 0.15) is 17.0 Å². The number of imidazole rings is 1. The zero-order chi connectivity index (χ0) is 15.4. The van der Waals surface area contributed by atoms with E-state index in [0.717, 1.165) is 11.1 Å². The molecule has 2 aromatic rings. The maximum atomic E-state index is 10.8. The van der Waals surface area contributed by atoms with Gasteiger partial charge in [-0.2, -0.15) is 4.57 Å². The van der Waals surface area contributed by atoms with Gasteiger partial charge in [0.25, 0.3) is 0 Å². The van der Waals surface area contributed by atoms with Gasteiger partial charge in [-0.05, 0) is 16.6 Å². The van der Waals surface area contributed by atoms with Crippen LogP contribution in [0.4, 0.5) is 5.82 Å². The second kappa shape index (κ2) is 6.10. The van der Waals surface area contributed by atoms with Crippen LogP contribution in [-0.2, 0) is 0 Å². The third kappa shape index (κ3) is 3.21. The Labute approximate surface area is 126 Å². The second-order valence-corrected chi connectivity index (χ2v) is 4.54. The van der Waals surface area contributed by atoms with Crippen molar-refractivity contribution in [1.29, 1.82) is 0 Å². The Morgan fingerprint density at radius 2 is 2.05 bits per heavy atom. The summed E-state index contributed by atoms with van der Waals surface area (Å²) in [5.74, 6) is 0.295. The van der Waals surface area contributed by atoms with E-state index in [1.54, 1.807) is 12.2 Å². The first-order chi connectivity index (χ1) is 10.0. The molecule has 0 aliphatic heterocycles. The Hall–Kier alpha value is -2.80. The standard InChI is InChI=1S/C14H12N4O2S/c1-2-17-12(16-9-13(17)18(19)20)8-5-10-3-6-11(7-4-10)14(15)21/h2-9H,1H2,(H2,15,21). The number of hydrogen-bond donors (Lipinski definition) is 1. The fourth-order valence-corrected chi connectivity index (χ4v) is 1.88. The smallest absolute Gasteiger partial charge is 0.347 e. The Morgan fingerprint density at radius 3 is 2.57 bits per heavy atom. The molecule has 1 heterocycles. The molecule has 0 bridgehead atoms. The van der Waals surface area contributed by atoms with Crippen LogP contribution in [0, 0.1) is 10.1 Å². The van der Waals surface area contributed by atoms with Crippen LogP contribution in [-0.4, -0.2) is 19.5 Å². The van der Waals surface area contributed by atoms with Crippen LogP contribution in [0.25, 0.3) is 18.4 Å². The summed E-state index contributed by atoms with van der Waals surface area (Å²) in [6, 6.07) is 7.32. The molecule has 6 nitrogen and oxygen atoms in total. The van der Waals surface area contributed by atoms with Crippen LogP contribution in [0.2, 0.25) is 0 Å². The van der Waals surface area contributed by atoms with E-state index in [2.05, 4.69) is 11.6 Å². The van der Waals surface area contributed by atoms with Crippen molar-refractivity contribution < 1.29 is 4.92 Å². The SMILES string of the molecule is C=Cn1c([N+](=O)[O-])cnc1C=Cc1ccc(C(N)=S)cc1. The van der Waals surface area contributed by atoms with Gasteiger partial charge in [0.2, 0.25) is 5.82 Å². The molecule has 0 aliphatic rings. The van der Waals surface area contributed by atoms with Crippen molar-refractivity contribution in [1.82, 2.24) is 9.55 Å². The Bertz CT molecular complexity index is 732. The summed E-state index contributed by atoms with van der Waals surface area (Å²) >= 11 is 4.88. The molecular weight excluding hydrogens is 288 g/mol.